The fourth-order valence-corrected chi connectivity index (χ4v) is 3.41. The highest BCUT2D eigenvalue weighted by atomic mass is 19.1. The van der Waals surface area contributed by atoms with Gasteiger partial charge in [0.2, 0.25) is 5.91 Å². The largest absolute Gasteiger partial charge is 0.359 e. The number of hydrogen-bond acceptors (Lipinski definition) is 2. The van der Waals surface area contributed by atoms with E-state index in [1.54, 1.807) is 19.2 Å². The first-order chi connectivity index (χ1) is 12.5. The van der Waals surface area contributed by atoms with Gasteiger partial charge < -0.3 is 10.2 Å². The quantitative estimate of drug-likeness (QED) is 0.806. The van der Waals surface area contributed by atoms with E-state index in [1.807, 2.05) is 6.92 Å². The molecular weight excluding hydrogens is 327 g/mol. The maximum atomic E-state index is 12.1. The van der Waals surface area contributed by atoms with Crippen LogP contribution in [0.1, 0.15) is 63.9 Å². The molecule has 2 fully saturated rings. The molecule has 0 radical (unpaired) electrons. The van der Waals surface area contributed by atoms with Gasteiger partial charge in [-0.3, -0.25) is 4.79 Å². The predicted molar refractivity (Wildman–Crippen MR) is 108 cm³/mol. The summed E-state index contributed by atoms with van der Waals surface area (Å²) in [7, 11) is 1.60. The zero-order chi connectivity index (χ0) is 19.2. The van der Waals surface area contributed by atoms with Crippen LogP contribution in [0.3, 0.4) is 0 Å². The van der Waals surface area contributed by atoms with Crippen LogP contribution < -0.4 is 5.32 Å². The van der Waals surface area contributed by atoms with Crippen molar-refractivity contribution in [3.63, 3.8) is 0 Å². The monoisotopic (exact) mass is 364 g/mol. The highest BCUT2D eigenvalue weighted by Crippen LogP contribution is 2.25. The lowest BCUT2D eigenvalue weighted by atomic mass is 9.88. The second-order valence-electron chi connectivity index (χ2n) is 7.47. The van der Waals surface area contributed by atoms with Gasteiger partial charge in [-0.15, -0.1) is 0 Å². The molecule has 0 aromatic heterocycles. The van der Waals surface area contributed by atoms with E-state index in [2.05, 4.69) is 10.2 Å². The molecule has 148 valence electrons. The zero-order valence-electron chi connectivity index (χ0n) is 16.9. The number of carbonyl (C=O) groups excluding carboxylic acids is 1. The Morgan fingerprint density at radius 1 is 1.04 bits per heavy atom. The minimum Gasteiger partial charge on any atom is -0.359 e. The molecule has 1 saturated carbocycles. The highest BCUT2D eigenvalue weighted by Gasteiger charge is 2.18. The number of hydrogen-bond donors (Lipinski definition) is 1. The first-order valence-corrected chi connectivity index (χ1v) is 10.1. The lowest BCUT2D eigenvalue weighted by molar-refractivity contribution is -0.118. The van der Waals surface area contributed by atoms with Gasteiger partial charge in [-0.25, -0.2) is 4.39 Å². The standard InChI is InChI=1S/C12H23N.C7H7F.C3H7NO/c1-3-7-12(8-4-1)11-13-9-5-2-6-10-13;1-6-2-4-7(8)5-3-6;1-3(5)4-2/h12H,1-11H2;2-5H,1H3;1-2H3,(H,4,5). The van der Waals surface area contributed by atoms with Crippen molar-refractivity contribution in [1.29, 1.82) is 0 Å². The van der Waals surface area contributed by atoms with Gasteiger partial charge in [0.25, 0.3) is 0 Å². The van der Waals surface area contributed by atoms with E-state index in [0.29, 0.717) is 0 Å². The fraction of sp³-hybridized carbons (Fsp3) is 0.682. The van der Waals surface area contributed by atoms with Crippen molar-refractivity contribution < 1.29 is 9.18 Å². The summed E-state index contributed by atoms with van der Waals surface area (Å²) in [6.07, 6.45) is 11.9. The average molecular weight is 365 g/mol. The van der Waals surface area contributed by atoms with Crippen molar-refractivity contribution in [2.24, 2.45) is 5.92 Å². The molecule has 1 amide bonds. The molecule has 1 heterocycles. The molecular formula is C22H37FN2O. The molecule has 1 saturated heterocycles. The molecule has 1 aromatic rings. The predicted octanol–water partition coefficient (Wildman–Crippen LogP) is 4.94. The van der Waals surface area contributed by atoms with E-state index in [1.165, 1.54) is 90.1 Å². The van der Waals surface area contributed by atoms with Crippen LogP contribution in [-0.2, 0) is 4.79 Å². The molecule has 0 atom stereocenters. The summed E-state index contributed by atoms with van der Waals surface area (Å²) in [5.74, 6) is 0.882. The van der Waals surface area contributed by atoms with Gasteiger partial charge >= 0.3 is 0 Å². The summed E-state index contributed by atoms with van der Waals surface area (Å²) < 4.78 is 12.1. The topological polar surface area (TPSA) is 32.3 Å². The number of nitrogens with zero attached hydrogens (tertiary/aromatic N) is 1. The van der Waals surface area contributed by atoms with Crippen molar-refractivity contribution in [2.45, 2.75) is 65.2 Å². The summed E-state index contributed by atoms with van der Waals surface area (Å²) in [5, 5.41) is 2.39. The molecule has 0 spiro atoms. The van der Waals surface area contributed by atoms with Crippen molar-refractivity contribution in [2.75, 3.05) is 26.7 Å². The summed E-state index contributed by atoms with van der Waals surface area (Å²) in [5.41, 5.74) is 1.09. The van der Waals surface area contributed by atoms with Crippen LogP contribution in [0.15, 0.2) is 24.3 Å². The molecule has 4 heteroatoms. The minimum absolute atomic E-state index is 0.00463. The van der Waals surface area contributed by atoms with Gasteiger partial charge in [0.05, 0.1) is 0 Å². The molecule has 3 nitrogen and oxygen atoms in total. The van der Waals surface area contributed by atoms with Crippen LogP contribution >= 0.6 is 0 Å². The molecule has 1 N–H and O–H groups in total. The lowest BCUT2D eigenvalue weighted by Gasteiger charge is -2.32. The maximum absolute atomic E-state index is 12.1. The van der Waals surface area contributed by atoms with Crippen LogP contribution in [0.4, 0.5) is 4.39 Å². The number of likely N-dealkylation sites (tertiary alicyclic amines) is 1. The van der Waals surface area contributed by atoms with Crippen molar-refractivity contribution in [3.8, 4) is 0 Å². The lowest BCUT2D eigenvalue weighted by Crippen LogP contribution is -2.34. The number of piperidine rings is 1. The number of carbonyl (C=O) groups is 1. The van der Waals surface area contributed by atoms with Crippen LogP contribution in [0.2, 0.25) is 0 Å². The normalized spacial score (nSPS) is 18.0. The first kappa shape index (κ1) is 22.6. The number of amides is 1. The summed E-state index contributed by atoms with van der Waals surface area (Å²) in [6.45, 7) is 7.59. The fourth-order valence-electron chi connectivity index (χ4n) is 3.41. The number of nitrogens with one attached hydrogen (secondary N) is 1. The molecule has 1 aromatic carbocycles. The third-order valence-corrected chi connectivity index (χ3v) is 5.05. The Balaban J connectivity index is 0.000000223. The summed E-state index contributed by atoms with van der Waals surface area (Å²) in [6, 6.07) is 6.40. The third-order valence-electron chi connectivity index (χ3n) is 5.05. The van der Waals surface area contributed by atoms with Crippen LogP contribution in [0.5, 0.6) is 0 Å². The first-order valence-electron chi connectivity index (χ1n) is 10.1. The molecule has 3 rings (SSSR count). The number of aryl methyl sites for hydroxylation is 1. The number of halogens is 1. The minimum atomic E-state index is -0.171. The van der Waals surface area contributed by atoms with Crippen LogP contribution in [0, 0.1) is 18.7 Å². The molecule has 26 heavy (non-hydrogen) atoms. The zero-order valence-corrected chi connectivity index (χ0v) is 16.9. The highest BCUT2D eigenvalue weighted by molar-refractivity contribution is 5.72. The van der Waals surface area contributed by atoms with Gasteiger partial charge in [-0.05, 0) is 63.7 Å². The molecule has 1 aliphatic heterocycles. The van der Waals surface area contributed by atoms with Crippen molar-refractivity contribution >= 4 is 5.91 Å². The van der Waals surface area contributed by atoms with Gasteiger partial charge in [-0.1, -0.05) is 43.4 Å². The van der Waals surface area contributed by atoms with E-state index >= 15 is 0 Å². The van der Waals surface area contributed by atoms with Gasteiger partial charge in [0.1, 0.15) is 5.82 Å². The Kier molecular flexibility index (Phi) is 12.0. The van der Waals surface area contributed by atoms with Crippen molar-refractivity contribution in [3.05, 3.63) is 35.6 Å². The van der Waals surface area contributed by atoms with Gasteiger partial charge in [-0.2, -0.15) is 0 Å². The average Bonchev–Trinajstić information content (AvgIpc) is 2.67. The Labute approximate surface area is 159 Å². The Bertz CT molecular complexity index is 440. The molecule has 1 aliphatic carbocycles. The summed E-state index contributed by atoms with van der Waals surface area (Å²) in [4.78, 5) is 12.4. The second kappa shape index (κ2) is 13.7. The summed E-state index contributed by atoms with van der Waals surface area (Å²) >= 11 is 0. The maximum Gasteiger partial charge on any atom is 0.216 e. The second-order valence-corrected chi connectivity index (χ2v) is 7.47. The SMILES string of the molecule is C1CCC(CN2CCCCC2)CC1.CNC(C)=O.Cc1ccc(F)cc1. The van der Waals surface area contributed by atoms with Gasteiger partial charge in [0, 0.05) is 20.5 Å². The van der Waals surface area contributed by atoms with E-state index in [4.69, 9.17) is 0 Å². The number of rotatable bonds is 2. The Morgan fingerprint density at radius 3 is 2.00 bits per heavy atom. The van der Waals surface area contributed by atoms with Crippen LogP contribution in [-0.4, -0.2) is 37.5 Å². The molecule has 2 aliphatic rings. The number of benzene rings is 1. The van der Waals surface area contributed by atoms with Gasteiger partial charge in [0.15, 0.2) is 0 Å². The smallest absolute Gasteiger partial charge is 0.216 e. The van der Waals surface area contributed by atoms with E-state index < -0.39 is 0 Å². The Morgan fingerprint density at radius 2 is 1.54 bits per heavy atom. The Hall–Kier alpha value is -1.42. The van der Waals surface area contributed by atoms with E-state index in [9.17, 15) is 9.18 Å². The van der Waals surface area contributed by atoms with Crippen molar-refractivity contribution in [1.82, 2.24) is 10.2 Å². The van der Waals surface area contributed by atoms with E-state index in [-0.39, 0.29) is 11.7 Å². The third kappa shape index (κ3) is 11.2. The molecule has 0 unspecified atom stereocenters. The molecule has 0 bridgehead atoms. The van der Waals surface area contributed by atoms with Crippen LogP contribution in [0.25, 0.3) is 0 Å². The van der Waals surface area contributed by atoms with E-state index in [0.717, 1.165) is 11.5 Å².